The Balaban J connectivity index is 0.00000220. The Hall–Kier alpha value is -0.520. The second-order valence-corrected chi connectivity index (χ2v) is 5.63. The minimum atomic E-state index is -0.288. The molecule has 7 heteroatoms. The molecule has 0 spiro atoms. The number of carbonyl (C=O) groups excluding carboxylic acids is 1. The zero-order chi connectivity index (χ0) is 14.5. The van der Waals surface area contributed by atoms with Gasteiger partial charge in [-0.25, -0.2) is 0 Å². The van der Waals surface area contributed by atoms with E-state index in [9.17, 15) is 4.79 Å². The predicted molar refractivity (Wildman–Crippen MR) is 87.6 cm³/mol. The van der Waals surface area contributed by atoms with Gasteiger partial charge in [-0.2, -0.15) is 0 Å². The summed E-state index contributed by atoms with van der Waals surface area (Å²) < 4.78 is 5.45. The Morgan fingerprint density at radius 1 is 1.48 bits per heavy atom. The highest BCUT2D eigenvalue weighted by molar-refractivity contribution is 6.35. The van der Waals surface area contributed by atoms with Crippen molar-refractivity contribution in [2.75, 3.05) is 19.7 Å². The molecule has 21 heavy (non-hydrogen) atoms. The molecule has 1 aromatic rings. The molecule has 1 aliphatic rings. The molecule has 2 atom stereocenters. The van der Waals surface area contributed by atoms with Crippen molar-refractivity contribution < 1.29 is 9.53 Å². The van der Waals surface area contributed by atoms with E-state index in [-0.39, 0.29) is 30.5 Å². The summed E-state index contributed by atoms with van der Waals surface area (Å²) in [4.78, 5) is 12.0. The van der Waals surface area contributed by atoms with Gasteiger partial charge >= 0.3 is 0 Å². The summed E-state index contributed by atoms with van der Waals surface area (Å²) in [5.74, 6) is -0.0396. The van der Waals surface area contributed by atoms with Crippen LogP contribution in [0.25, 0.3) is 0 Å². The van der Waals surface area contributed by atoms with E-state index in [1.165, 1.54) is 0 Å². The maximum absolute atomic E-state index is 12.0. The van der Waals surface area contributed by atoms with Crippen LogP contribution in [0.1, 0.15) is 12.5 Å². The van der Waals surface area contributed by atoms with Crippen molar-refractivity contribution in [3.63, 3.8) is 0 Å². The molecule has 1 fully saturated rings. The van der Waals surface area contributed by atoms with Gasteiger partial charge in [-0.15, -0.1) is 12.4 Å². The largest absolute Gasteiger partial charge is 0.375 e. The van der Waals surface area contributed by atoms with Gasteiger partial charge in [0.25, 0.3) is 0 Å². The van der Waals surface area contributed by atoms with Crippen LogP contribution in [0.5, 0.6) is 0 Å². The SMILES string of the molecule is C[C@H]1OCCN[C@@H]1C(=O)NCCc1ccc(Cl)cc1Cl.Cl. The van der Waals surface area contributed by atoms with Crippen LogP contribution in [-0.2, 0) is 16.0 Å². The zero-order valence-corrected chi connectivity index (χ0v) is 14.0. The van der Waals surface area contributed by atoms with Crippen LogP contribution < -0.4 is 10.6 Å². The second-order valence-electron chi connectivity index (χ2n) is 4.78. The smallest absolute Gasteiger partial charge is 0.239 e. The molecule has 2 rings (SSSR count). The van der Waals surface area contributed by atoms with Gasteiger partial charge < -0.3 is 15.4 Å². The Bertz CT molecular complexity index is 485. The number of morpholine rings is 1. The molecule has 0 unspecified atom stereocenters. The van der Waals surface area contributed by atoms with Crippen LogP contribution in [0.15, 0.2) is 18.2 Å². The Morgan fingerprint density at radius 2 is 2.24 bits per heavy atom. The van der Waals surface area contributed by atoms with E-state index in [0.29, 0.717) is 36.2 Å². The van der Waals surface area contributed by atoms with Crippen molar-refractivity contribution in [3.05, 3.63) is 33.8 Å². The molecule has 0 aromatic heterocycles. The van der Waals surface area contributed by atoms with Gasteiger partial charge in [-0.05, 0) is 31.0 Å². The minimum Gasteiger partial charge on any atom is -0.375 e. The minimum absolute atomic E-state index is 0. The monoisotopic (exact) mass is 352 g/mol. The summed E-state index contributed by atoms with van der Waals surface area (Å²) in [6.07, 6.45) is 0.562. The predicted octanol–water partition coefficient (Wildman–Crippen LogP) is 2.45. The van der Waals surface area contributed by atoms with E-state index in [1.54, 1.807) is 12.1 Å². The Morgan fingerprint density at radius 3 is 2.90 bits per heavy atom. The highest BCUT2D eigenvalue weighted by Gasteiger charge is 2.27. The Kier molecular flexibility index (Phi) is 7.77. The third kappa shape index (κ3) is 5.31. The van der Waals surface area contributed by atoms with E-state index in [4.69, 9.17) is 27.9 Å². The molecule has 2 N–H and O–H groups in total. The molecule has 0 bridgehead atoms. The van der Waals surface area contributed by atoms with Crippen molar-refractivity contribution in [3.8, 4) is 0 Å². The van der Waals surface area contributed by atoms with E-state index < -0.39 is 0 Å². The van der Waals surface area contributed by atoms with Crippen LogP contribution in [-0.4, -0.2) is 37.7 Å². The number of nitrogens with one attached hydrogen (secondary N) is 2. The van der Waals surface area contributed by atoms with Gasteiger partial charge in [0, 0.05) is 23.1 Å². The number of ether oxygens (including phenoxy) is 1. The third-order valence-electron chi connectivity index (χ3n) is 3.31. The Labute approximate surface area is 140 Å². The number of hydrogen-bond acceptors (Lipinski definition) is 3. The summed E-state index contributed by atoms with van der Waals surface area (Å²) >= 11 is 11.9. The van der Waals surface area contributed by atoms with E-state index in [1.807, 2.05) is 13.0 Å². The van der Waals surface area contributed by atoms with Crippen LogP contribution in [0, 0.1) is 0 Å². The first-order valence-electron chi connectivity index (χ1n) is 6.64. The third-order valence-corrected chi connectivity index (χ3v) is 3.89. The van der Waals surface area contributed by atoms with Crippen LogP contribution >= 0.6 is 35.6 Å². The molecule has 1 aliphatic heterocycles. The fourth-order valence-electron chi connectivity index (χ4n) is 2.18. The van der Waals surface area contributed by atoms with Crippen LogP contribution in [0.3, 0.4) is 0 Å². The van der Waals surface area contributed by atoms with Crippen molar-refractivity contribution in [1.82, 2.24) is 10.6 Å². The van der Waals surface area contributed by atoms with Crippen molar-refractivity contribution in [2.45, 2.75) is 25.5 Å². The molecule has 1 saturated heterocycles. The zero-order valence-electron chi connectivity index (χ0n) is 11.7. The summed E-state index contributed by atoms with van der Waals surface area (Å²) in [5, 5.41) is 7.29. The maximum atomic E-state index is 12.0. The van der Waals surface area contributed by atoms with Gasteiger partial charge in [0.1, 0.15) is 6.04 Å². The van der Waals surface area contributed by atoms with E-state index in [2.05, 4.69) is 10.6 Å². The molecule has 0 saturated carbocycles. The first-order valence-corrected chi connectivity index (χ1v) is 7.40. The standard InChI is InChI=1S/C14H18Cl2N2O2.ClH/c1-9-13(17-6-7-20-9)14(19)18-5-4-10-2-3-11(15)8-12(10)16;/h2-3,8-9,13,17H,4-7H2,1H3,(H,18,19);1H/t9-,13+;/m1./s1. The van der Waals surface area contributed by atoms with Crippen molar-refractivity contribution in [2.24, 2.45) is 0 Å². The quantitative estimate of drug-likeness (QED) is 0.874. The van der Waals surface area contributed by atoms with Gasteiger partial charge in [0.05, 0.1) is 12.7 Å². The molecule has 1 amide bonds. The van der Waals surface area contributed by atoms with Gasteiger partial charge in [-0.3, -0.25) is 4.79 Å². The molecular weight excluding hydrogens is 335 g/mol. The number of rotatable bonds is 4. The molecule has 0 aliphatic carbocycles. The normalized spacial score (nSPS) is 21.5. The number of hydrogen-bond donors (Lipinski definition) is 2. The molecule has 118 valence electrons. The number of halogens is 3. The first-order chi connectivity index (χ1) is 9.58. The number of carbonyl (C=O) groups is 1. The van der Waals surface area contributed by atoms with E-state index >= 15 is 0 Å². The fourth-order valence-corrected chi connectivity index (χ4v) is 2.69. The average molecular weight is 354 g/mol. The summed E-state index contributed by atoms with van der Waals surface area (Å²) in [5.41, 5.74) is 0.970. The lowest BCUT2D eigenvalue weighted by atomic mass is 10.1. The van der Waals surface area contributed by atoms with Gasteiger partial charge in [-0.1, -0.05) is 29.3 Å². The maximum Gasteiger partial charge on any atom is 0.239 e. The topological polar surface area (TPSA) is 50.4 Å². The molecule has 1 aromatic carbocycles. The van der Waals surface area contributed by atoms with E-state index in [0.717, 1.165) is 5.56 Å². The van der Waals surface area contributed by atoms with Gasteiger partial charge in [0.15, 0.2) is 0 Å². The number of benzene rings is 1. The molecule has 0 radical (unpaired) electrons. The average Bonchev–Trinajstić information content (AvgIpc) is 2.41. The summed E-state index contributed by atoms with van der Waals surface area (Å²) in [6.45, 7) is 3.77. The fraction of sp³-hybridized carbons (Fsp3) is 0.500. The van der Waals surface area contributed by atoms with Gasteiger partial charge in [0.2, 0.25) is 5.91 Å². The second kappa shape index (κ2) is 8.81. The van der Waals surface area contributed by atoms with Crippen molar-refractivity contribution >= 4 is 41.5 Å². The lowest BCUT2D eigenvalue weighted by Gasteiger charge is -2.29. The first kappa shape index (κ1) is 18.5. The summed E-state index contributed by atoms with van der Waals surface area (Å²) in [7, 11) is 0. The highest BCUT2D eigenvalue weighted by Crippen LogP contribution is 2.21. The van der Waals surface area contributed by atoms with Crippen LogP contribution in [0.2, 0.25) is 10.0 Å². The summed E-state index contributed by atoms with van der Waals surface area (Å²) in [6, 6.07) is 5.09. The number of amides is 1. The van der Waals surface area contributed by atoms with Crippen LogP contribution in [0.4, 0.5) is 0 Å². The van der Waals surface area contributed by atoms with Crippen molar-refractivity contribution in [1.29, 1.82) is 0 Å². The molecular formula is C14H19Cl3N2O2. The molecule has 1 heterocycles. The lowest BCUT2D eigenvalue weighted by Crippen LogP contribution is -2.55. The lowest BCUT2D eigenvalue weighted by molar-refractivity contribution is -0.128. The molecule has 4 nitrogen and oxygen atoms in total. The highest BCUT2D eigenvalue weighted by atomic mass is 35.5.